The molecule has 1 saturated heterocycles. The molecular weight excluding hydrogens is 354 g/mol. The molecule has 0 saturated carbocycles. The minimum Gasteiger partial charge on any atom is -0.207 e. The molecular formula is C20H24ClNO2S. The Kier molecular flexibility index (Phi) is 5.52. The summed E-state index contributed by atoms with van der Waals surface area (Å²) in [7, 11) is -3.56. The summed E-state index contributed by atoms with van der Waals surface area (Å²) in [6.45, 7) is 4.47. The quantitative estimate of drug-likeness (QED) is 0.731. The van der Waals surface area contributed by atoms with Crippen LogP contribution < -0.4 is 0 Å². The number of halogens is 1. The van der Waals surface area contributed by atoms with Crippen LogP contribution in [0.4, 0.5) is 0 Å². The molecule has 2 aromatic carbocycles. The summed E-state index contributed by atoms with van der Waals surface area (Å²) in [6.07, 6.45) is 3.73. The van der Waals surface area contributed by atoms with Crippen LogP contribution in [0.5, 0.6) is 0 Å². The lowest BCUT2D eigenvalue weighted by molar-refractivity contribution is 0.329. The molecule has 3 rings (SSSR count). The molecule has 2 aromatic rings. The van der Waals surface area contributed by atoms with E-state index >= 15 is 0 Å². The van der Waals surface area contributed by atoms with Crippen molar-refractivity contribution in [2.45, 2.75) is 50.5 Å². The molecule has 0 aliphatic carbocycles. The standard InChI is InChI=1S/C20H24ClNO2S/c1-15-11-12-17(14-16(15)2)25(23,24)22-13-7-3-4-10-20(22)18-8-5-6-9-19(18)21/h5-6,8-9,11-12,14,20H,3-4,7,10,13H2,1-2H3/t20-/m0/s1. The van der Waals surface area contributed by atoms with Crippen LogP contribution in [0.2, 0.25) is 5.02 Å². The Hall–Kier alpha value is -1.36. The van der Waals surface area contributed by atoms with Gasteiger partial charge in [-0.15, -0.1) is 0 Å². The van der Waals surface area contributed by atoms with E-state index in [-0.39, 0.29) is 6.04 Å². The highest BCUT2D eigenvalue weighted by Gasteiger charge is 2.34. The van der Waals surface area contributed by atoms with E-state index in [1.54, 1.807) is 16.4 Å². The summed E-state index contributed by atoms with van der Waals surface area (Å²) < 4.78 is 28.4. The Balaban J connectivity index is 2.06. The highest BCUT2D eigenvalue weighted by atomic mass is 35.5. The molecule has 1 fully saturated rings. The van der Waals surface area contributed by atoms with Gasteiger partial charge in [0.2, 0.25) is 10.0 Å². The minimum atomic E-state index is -3.56. The first-order chi connectivity index (χ1) is 11.9. The van der Waals surface area contributed by atoms with Crippen LogP contribution in [0.15, 0.2) is 47.4 Å². The van der Waals surface area contributed by atoms with Gasteiger partial charge in [-0.1, -0.05) is 48.7 Å². The fraction of sp³-hybridized carbons (Fsp3) is 0.400. The average molecular weight is 378 g/mol. The predicted octanol–water partition coefficient (Wildman–Crippen LogP) is 5.26. The van der Waals surface area contributed by atoms with E-state index in [0.717, 1.165) is 42.4 Å². The van der Waals surface area contributed by atoms with Crippen molar-refractivity contribution < 1.29 is 8.42 Å². The van der Waals surface area contributed by atoms with E-state index < -0.39 is 10.0 Å². The number of nitrogens with zero attached hydrogens (tertiary/aromatic N) is 1. The maximum atomic E-state index is 13.4. The van der Waals surface area contributed by atoms with Crippen molar-refractivity contribution in [3.05, 3.63) is 64.2 Å². The van der Waals surface area contributed by atoms with E-state index in [1.165, 1.54) is 0 Å². The van der Waals surface area contributed by atoms with Crippen molar-refractivity contribution in [3.63, 3.8) is 0 Å². The zero-order valence-corrected chi connectivity index (χ0v) is 16.3. The average Bonchev–Trinajstić information content (AvgIpc) is 2.84. The summed E-state index contributed by atoms with van der Waals surface area (Å²) in [5.74, 6) is 0. The molecule has 0 N–H and O–H groups in total. The van der Waals surface area contributed by atoms with E-state index in [1.807, 2.05) is 44.2 Å². The first kappa shape index (κ1) is 18.4. The fourth-order valence-corrected chi connectivity index (χ4v) is 5.46. The second kappa shape index (κ2) is 7.48. The zero-order chi connectivity index (χ0) is 18.0. The molecule has 1 heterocycles. The third kappa shape index (κ3) is 3.76. The van der Waals surface area contributed by atoms with Crippen LogP contribution in [0.25, 0.3) is 0 Å². The lowest BCUT2D eigenvalue weighted by Gasteiger charge is -2.30. The van der Waals surface area contributed by atoms with Gasteiger partial charge in [-0.3, -0.25) is 0 Å². The van der Waals surface area contributed by atoms with Crippen LogP contribution in [0.1, 0.15) is 48.4 Å². The Morgan fingerprint density at radius 3 is 2.48 bits per heavy atom. The predicted molar refractivity (Wildman–Crippen MR) is 102 cm³/mol. The normalized spacial score (nSPS) is 19.6. The Bertz CT molecular complexity index is 864. The fourth-order valence-electron chi connectivity index (χ4n) is 3.44. The van der Waals surface area contributed by atoms with Gasteiger partial charge in [0.1, 0.15) is 0 Å². The SMILES string of the molecule is Cc1ccc(S(=O)(=O)N2CCCCC[C@H]2c2ccccc2Cl)cc1C. The lowest BCUT2D eigenvalue weighted by atomic mass is 10.0. The molecule has 5 heteroatoms. The van der Waals surface area contributed by atoms with Crippen molar-refractivity contribution >= 4 is 21.6 Å². The van der Waals surface area contributed by atoms with Crippen molar-refractivity contribution in [1.29, 1.82) is 0 Å². The first-order valence-corrected chi connectivity index (χ1v) is 10.6. The molecule has 0 unspecified atom stereocenters. The van der Waals surface area contributed by atoms with Crippen molar-refractivity contribution in [3.8, 4) is 0 Å². The van der Waals surface area contributed by atoms with Gasteiger partial charge in [-0.05, 0) is 61.6 Å². The second-order valence-corrected chi connectivity index (χ2v) is 9.05. The van der Waals surface area contributed by atoms with E-state index in [2.05, 4.69) is 0 Å². The van der Waals surface area contributed by atoms with Gasteiger partial charge >= 0.3 is 0 Å². The Morgan fingerprint density at radius 1 is 1.00 bits per heavy atom. The topological polar surface area (TPSA) is 37.4 Å². The minimum absolute atomic E-state index is 0.206. The molecule has 1 aliphatic rings. The maximum absolute atomic E-state index is 13.4. The molecule has 134 valence electrons. The molecule has 25 heavy (non-hydrogen) atoms. The van der Waals surface area contributed by atoms with Crippen molar-refractivity contribution in [2.24, 2.45) is 0 Å². The first-order valence-electron chi connectivity index (χ1n) is 8.75. The van der Waals surface area contributed by atoms with E-state index in [9.17, 15) is 8.42 Å². The van der Waals surface area contributed by atoms with Crippen molar-refractivity contribution in [2.75, 3.05) is 6.54 Å². The second-order valence-electron chi connectivity index (χ2n) is 6.75. The van der Waals surface area contributed by atoms with Gasteiger partial charge in [0.25, 0.3) is 0 Å². The number of hydrogen-bond acceptors (Lipinski definition) is 2. The number of hydrogen-bond donors (Lipinski definition) is 0. The van der Waals surface area contributed by atoms with Crippen LogP contribution >= 0.6 is 11.6 Å². The maximum Gasteiger partial charge on any atom is 0.243 e. The van der Waals surface area contributed by atoms with Crippen LogP contribution in [-0.2, 0) is 10.0 Å². The number of rotatable bonds is 3. The summed E-state index contributed by atoms with van der Waals surface area (Å²) in [5, 5.41) is 0.634. The van der Waals surface area contributed by atoms with Gasteiger partial charge in [-0.2, -0.15) is 4.31 Å². The molecule has 1 atom stereocenters. The molecule has 0 aromatic heterocycles. The molecule has 0 radical (unpaired) electrons. The molecule has 1 aliphatic heterocycles. The molecule has 0 amide bonds. The number of sulfonamides is 1. The zero-order valence-electron chi connectivity index (χ0n) is 14.7. The number of benzene rings is 2. The van der Waals surface area contributed by atoms with Gasteiger partial charge in [0.15, 0.2) is 0 Å². The smallest absolute Gasteiger partial charge is 0.207 e. The number of aryl methyl sites for hydroxylation is 2. The van der Waals surface area contributed by atoms with Gasteiger partial charge in [0, 0.05) is 11.6 Å². The highest BCUT2D eigenvalue weighted by molar-refractivity contribution is 7.89. The summed E-state index contributed by atoms with van der Waals surface area (Å²) >= 11 is 6.40. The Labute approximate surface area is 155 Å². The summed E-state index contributed by atoms with van der Waals surface area (Å²) in [6, 6.07) is 12.8. The van der Waals surface area contributed by atoms with Crippen molar-refractivity contribution in [1.82, 2.24) is 4.31 Å². The van der Waals surface area contributed by atoms with Gasteiger partial charge < -0.3 is 0 Å². The highest BCUT2D eigenvalue weighted by Crippen LogP contribution is 2.37. The van der Waals surface area contributed by atoms with Crippen LogP contribution in [-0.4, -0.2) is 19.3 Å². The van der Waals surface area contributed by atoms with Gasteiger partial charge in [-0.25, -0.2) is 8.42 Å². The van der Waals surface area contributed by atoms with Crippen LogP contribution in [0, 0.1) is 13.8 Å². The largest absolute Gasteiger partial charge is 0.243 e. The van der Waals surface area contributed by atoms with E-state index in [0.29, 0.717) is 16.5 Å². The van der Waals surface area contributed by atoms with Crippen LogP contribution in [0.3, 0.4) is 0 Å². The third-order valence-corrected chi connectivity index (χ3v) is 7.30. The Morgan fingerprint density at radius 2 is 1.76 bits per heavy atom. The lowest BCUT2D eigenvalue weighted by Crippen LogP contribution is -2.35. The third-order valence-electron chi connectivity index (χ3n) is 5.05. The summed E-state index contributed by atoms with van der Waals surface area (Å²) in [5.41, 5.74) is 2.99. The molecule has 3 nitrogen and oxygen atoms in total. The molecule has 0 spiro atoms. The van der Waals surface area contributed by atoms with E-state index in [4.69, 9.17) is 11.6 Å². The molecule has 0 bridgehead atoms. The van der Waals surface area contributed by atoms with Gasteiger partial charge in [0.05, 0.1) is 10.9 Å². The summed E-state index contributed by atoms with van der Waals surface area (Å²) in [4.78, 5) is 0.370. The monoisotopic (exact) mass is 377 g/mol.